The maximum absolute atomic E-state index is 12.4. The summed E-state index contributed by atoms with van der Waals surface area (Å²) in [5.41, 5.74) is 6.91. The number of ether oxygens (including phenoxy) is 1. The summed E-state index contributed by atoms with van der Waals surface area (Å²) >= 11 is 0. The second kappa shape index (κ2) is 10.3. The van der Waals surface area contributed by atoms with Crippen LogP contribution in [-0.2, 0) is 21.6 Å². The number of para-hydroxylation sites is 1. The number of nitrogens with zero attached hydrogens (tertiary/aromatic N) is 2. The molecule has 3 rings (SSSR count). The molecular weight excluding hydrogens is 434 g/mol. The normalized spacial score (nSPS) is 14.9. The van der Waals surface area contributed by atoms with Crippen molar-refractivity contribution >= 4 is 27.6 Å². The quantitative estimate of drug-likeness (QED) is 0.409. The fourth-order valence-electron chi connectivity index (χ4n) is 3.56. The number of hydrogen-bond donors (Lipinski definition) is 3. The summed E-state index contributed by atoms with van der Waals surface area (Å²) in [5.74, 6) is -0.0572. The summed E-state index contributed by atoms with van der Waals surface area (Å²) < 4.78 is 40.9. The highest BCUT2D eigenvalue weighted by atomic mass is 32.2. The highest BCUT2D eigenvalue weighted by molar-refractivity contribution is 7.87. The molecule has 0 amide bonds. The summed E-state index contributed by atoms with van der Waals surface area (Å²) in [7, 11) is -3.17. The van der Waals surface area contributed by atoms with E-state index in [9.17, 15) is 17.8 Å². The van der Waals surface area contributed by atoms with E-state index < -0.39 is 22.3 Å². The first-order valence-corrected chi connectivity index (χ1v) is 11.8. The van der Waals surface area contributed by atoms with Crippen LogP contribution >= 0.6 is 0 Å². The molecule has 0 bridgehead atoms. The van der Waals surface area contributed by atoms with E-state index in [0.717, 1.165) is 23.7 Å². The summed E-state index contributed by atoms with van der Waals surface area (Å²) in [6.07, 6.45) is 2.51. The van der Waals surface area contributed by atoms with E-state index in [2.05, 4.69) is 4.90 Å². The van der Waals surface area contributed by atoms with Gasteiger partial charge in [-0.3, -0.25) is 14.2 Å². The molecule has 1 fully saturated rings. The molecule has 2 aromatic carbocycles. The summed E-state index contributed by atoms with van der Waals surface area (Å²) in [4.78, 5) is 13.2. The molecule has 32 heavy (non-hydrogen) atoms. The van der Waals surface area contributed by atoms with E-state index >= 15 is 0 Å². The van der Waals surface area contributed by atoms with Crippen LogP contribution in [0.15, 0.2) is 48.5 Å². The van der Waals surface area contributed by atoms with Gasteiger partial charge < -0.3 is 15.6 Å². The van der Waals surface area contributed by atoms with Crippen LogP contribution in [0, 0.1) is 5.92 Å². The molecule has 0 aromatic heterocycles. The van der Waals surface area contributed by atoms with E-state index in [1.165, 1.54) is 13.2 Å². The maximum Gasteiger partial charge on any atom is 0.364 e. The number of aliphatic carboxylic acids is 1. The molecule has 10 heteroatoms. The molecule has 1 atom stereocenters. The molecule has 1 unspecified atom stereocenters. The van der Waals surface area contributed by atoms with Crippen molar-refractivity contribution in [3.05, 3.63) is 54.1 Å². The summed E-state index contributed by atoms with van der Waals surface area (Å²) in [6, 6.07) is 12.4. The third-order valence-corrected chi connectivity index (χ3v) is 6.28. The van der Waals surface area contributed by atoms with Gasteiger partial charge in [0.05, 0.1) is 18.5 Å². The van der Waals surface area contributed by atoms with Crippen molar-refractivity contribution in [3.8, 4) is 5.75 Å². The number of carboxylic acids is 1. The van der Waals surface area contributed by atoms with Gasteiger partial charge >= 0.3 is 16.3 Å². The Kier molecular flexibility index (Phi) is 7.73. The first-order chi connectivity index (χ1) is 15.2. The fraction of sp³-hybridized carbons (Fsp3) is 0.409. The van der Waals surface area contributed by atoms with Gasteiger partial charge in [-0.25, -0.2) is 4.31 Å². The standard InChI is InChI=1S/C22H29N3O6S/c1-31-19-7-4-6-18(13-19)25(32(28,29)30)21-8-3-2-5-17(21)15-24(14-16-9-10-16)12-11-20(23)22(26)27/h2-8,13,16,20H,9-12,14-15,23H2,1H3,(H,26,27)(H,28,29,30). The minimum absolute atomic E-state index is 0.237. The molecular formula is C22H29N3O6S. The van der Waals surface area contributed by atoms with Gasteiger partial charge in [-0.15, -0.1) is 0 Å². The molecule has 9 nitrogen and oxygen atoms in total. The number of nitrogens with two attached hydrogens (primary N) is 1. The van der Waals surface area contributed by atoms with Gasteiger partial charge in [0.25, 0.3) is 0 Å². The molecule has 4 N–H and O–H groups in total. The third-order valence-electron chi connectivity index (χ3n) is 5.41. The third kappa shape index (κ3) is 6.42. The van der Waals surface area contributed by atoms with Crippen LogP contribution in [0.3, 0.4) is 0 Å². The van der Waals surface area contributed by atoms with Crippen LogP contribution < -0.4 is 14.8 Å². The Balaban J connectivity index is 1.92. The van der Waals surface area contributed by atoms with E-state index in [1.807, 2.05) is 0 Å². The highest BCUT2D eigenvalue weighted by Gasteiger charge is 2.28. The first-order valence-electron chi connectivity index (χ1n) is 10.4. The van der Waals surface area contributed by atoms with Gasteiger partial charge in [-0.05, 0) is 48.9 Å². The monoisotopic (exact) mass is 463 g/mol. The van der Waals surface area contributed by atoms with Gasteiger partial charge in [0.1, 0.15) is 11.8 Å². The first kappa shape index (κ1) is 24.0. The van der Waals surface area contributed by atoms with Crippen molar-refractivity contribution in [2.45, 2.75) is 31.8 Å². The van der Waals surface area contributed by atoms with Crippen LogP contribution in [0.2, 0.25) is 0 Å². The van der Waals surface area contributed by atoms with E-state index in [1.54, 1.807) is 42.5 Å². The zero-order chi connectivity index (χ0) is 23.3. The fourth-order valence-corrected chi connectivity index (χ4v) is 4.37. The van der Waals surface area contributed by atoms with Crippen molar-refractivity contribution in [3.63, 3.8) is 0 Å². The highest BCUT2D eigenvalue weighted by Crippen LogP contribution is 2.35. The summed E-state index contributed by atoms with van der Waals surface area (Å²) in [6.45, 7) is 1.62. The number of benzene rings is 2. The Morgan fingerprint density at radius 3 is 2.56 bits per heavy atom. The lowest BCUT2D eigenvalue weighted by Crippen LogP contribution is -2.36. The second-order valence-corrected chi connectivity index (χ2v) is 9.25. The Hall–Kier alpha value is -2.66. The van der Waals surface area contributed by atoms with Crippen LogP contribution in [0.25, 0.3) is 0 Å². The topological polar surface area (TPSA) is 133 Å². The SMILES string of the molecule is COc1cccc(N(c2ccccc2CN(CCC(N)C(=O)O)CC2CC2)S(=O)(=O)O)c1. The number of rotatable bonds is 12. The lowest BCUT2D eigenvalue weighted by molar-refractivity contribution is -0.138. The lowest BCUT2D eigenvalue weighted by Gasteiger charge is -2.28. The van der Waals surface area contributed by atoms with Crippen LogP contribution in [0.5, 0.6) is 5.75 Å². The number of anilines is 2. The zero-order valence-corrected chi connectivity index (χ0v) is 18.7. The van der Waals surface area contributed by atoms with E-state index in [-0.39, 0.29) is 12.1 Å². The molecule has 1 saturated carbocycles. The van der Waals surface area contributed by atoms with Gasteiger partial charge in [-0.2, -0.15) is 8.42 Å². The van der Waals surface area contributed by atoms with Crippen LogP contribution in [0.4, 0.5) is 11.4 Å². The Bertz CT molecular complexity index is 1040. The minimum atomic E-state index is -4.64. The Morgan fingerprint density at radius 2 is 1.94 bits per heavy atom. The second-order valence-electron chi connectivity index (χ2n) is 7.98. The predicted octanol–water partition coefficient (Wildman–Crippen LogP) is 2.65. The van der Waals surface area contributed by atoms with Gasteiger partial charge in [-0.1, -0.05) is 24.3 Å². The molecule has 0 aliphatic heterocycles. The van der Waals surface area contributed by atoms with Gasteiger partial charge in [0.15, 0.2) is 0 Å². The Labute approximate surface area is 188 Å². The minimum Gasteiger partial charge on any atom is -0.497 e. The van der Waals surface area contributed by atoms with Crippen LogP contribution in [-0.4, -0.2) is 55.2 Å². The average molecular weight is 464 g/mol. The average Bonchev–Trinajstić information content (AvgIpc) is 3.56. The molecule has 0 spiro atoms. The van der Waals surface area contributed by atoms with Crippen molar-refractivity contribution in [2.24, 2.45) is 11.7 Å². The van der Waals surface area contributed by atoms with Gasteiger partial charge in [0.2, 0.25) is 0 Å². The number of carbonyl (C=O) groups is 1. The summed E-state index contributed by atoms with van der Waals surface area (Å²) in [5, 5.41) is 9.10. The lowest BCUT2D eigenvalue weighted by atomic mass is 10.1. The van der Waals surface area contributed by atoms with Crippen molar-refractivity contribution < 1.29 is 27.6 Å². The van der Waals surface area contributed by atoms with Crippen LogP contribution in [0.1, 0.15) is 24.8 Å². The number of hydrogen-bond acceptors (Lipinski definition) is 6. The largest absolute Gasteiger partial charge is 0.497 e. The Morgan fingerprint density at radius 1 is 1.22 bits per heavy atom. The molecule has 0 heterocycles. The number of methoxy groups -OCH3 is 1. The van der Waals surface area contributed by atoms with E-state index in [4.69, 9.17) is 15.6 Å². The maximum atomic E-state index is 12.4. The molecule has 174 valence electrons. The number of carboxylic acid groups (broad SMARTS) is 1. The molecule has 0 saturated heterocycles. The smallest absolute Gasteiger partial charge is 0.364 e. The predicted molar refractivity (Wildman–Crippen MR) is 121 cm³/mol. The molecule has 1 aliphatic carbocycles. The van der Waals surface area contributed by atoms with Gasteiger partial charge in [0, 0.05) is 25.7 Å². The zero-order valence-electron chi connectivity index (χ0n) is 17.9. The van der Waals surface area contributed by atoms with E-state index in [0.29, 0.717) is 36.0 Å². The van der Waals surface area contributed by atoms with Crippen molar-refractivity contribution in [1.82, 2.24) is 4.90 Å². The van der Waals surface area contributed by atoms with Crippen molar-refractivity contribution in [2.75, 3.05) is 24.5 Å². The molecule has 0 radical (unpaired) electrons. The van der Waals surface area contributed by atoms with Crippen molar-refractivity contribution in [1.29, 1.82) is 0 Å². The molecule has 2 aromatic rings. The molecule has 1 aliphatic rings.